The molecule has 9 nitrogen and oxygen atoms in total. The van der Waals surface area contributed by atoms with Crippen molar-refractivity contribution >= 4 is 28.7 Å². The number of hydrogen-bond acceptors (Lipinski definition) is 5. The average Bonchev–Trinajstić information content (AvgIpc) is 3.01. The molecule has 2 aliphatic heterocycles. The minimum atomic E-state index is -0.423. The third kappa shape index (κ3) is 3.14. The summed E-state index contributed by atoms with van der Waals surface area (Å²) in [6.45, 7) is 1.10. The number of para-hydroxylation sites is 1. The molecule has 3 heterocycles. The van der Waals surface area contributed by atoms with Gasteiger partial charge in [0, 0.05) is 25.5 Å². The number of imide groups is 1. The normalized spacial score (nSPS) is 22.5. The summed E-state index contributed by atoms with van der Waals surface area (Å²) < 4.78 is 1.65. The van der Waals surface area contributed by atoms with Crippen molar-refractivity contribution in [3.63, 3.8) is 0 Å². The number of nitrogens with zero attached hydrogens (tertiary/aromatic N) is 3. The first kappa shape index (κ1) is 17.5. The quantitative estimate of drug-likeness (QED) is 0.712. The molecule has 0 spiro atoms. The number of amides is 4. The number of rotatable bonds is 4. The molecule has 142 valence electrons. The molecule has 0 bridgehead atoms. The van der Waals surface area contributed by atoms with E-state index in [2.05, 4.69) is 21.0 Å². The molecule has 2 fully saturated rings. The molecular formula is C18H22N6O3. The summed E-state index contributed by atoms with van der Waals surface area (Å²) in [5.41, 5.74) is 1.20. The van der Waals surface area contributed by atoms with E-state index < -0.39 is 6.03 Å². The van der Waals surface area contributed by atoms with Crippen LogP contribution in [0.1, 0.15) is 23.3 Å². The Bertz CT molecular complexity index is 908. The molecule has 27 heavy (non-hydrogen) atoms. The second-order valence-corrected chi connectivity index (χ2v) is 6.87. The Morgan fingerprint density at radius 2 is 2.15 bits per heavy atom. The average molecular weight is 370 g/mol. The summed E-state index contributed by atoms with van der Waals surface area (Å²) in [4.78, 5) is 38.5. The van der Waals surface area contributed by atoms with Crippen LogP contribution in [-0.4, -0.2) is 58.3 Å². The van der Waals surface area contributed by atoms with E-state index in [1.807, 2.05) is 24.3 Å². The molecule has 2 saturated heterocycles. The van der Waals surface area contributed by atoms with E-state index in [9.17, 15) is 14.4 Å². The van der Waals surface area contributed by atoms with Gasteiger partial charge in [0.05, 0.1) is 17.6 Å². The summed E-state index contributed by atoms with van der Waals surface area (Å²) >= 11 is 0. The Labute approximate surface area is 156 Å². The smallest absolute Gasteiger partial charge is 0.325 e. The minimum Gasteiger partial charge on any atom is -0.349 e. The van der Waals surface area contributed by atoms with Gasteiger partial charge in [0.15, 0.2) is 5.69 Å². The van der Waals surface area contributed by atoms with Crippen LogP contribution in [0.15, 0.2) is 24.3 Å². The highest BCUT2D eigenvalue weighted by Gasteiger charge is 2.41. The van der Waals surface area contributed by atoms with Gasteiger partial charge < -0.3 is 10.6 Å². The zero-order valence-corrected chi connectivity index (χ0v) is 15.1. The maximum atomic E-state index is 12.6. The first-order valence-electron chi connectivity index (χ1n) is 9.11. The molecular weight excluding hydrogens is 348 g/mol. The second-order valence-electron chi connectivity index (χ2n) is 6.87. The Balaban J connectivity index is 1.39. The summed E-state index contributed by atoms with van der Waals surface area (Å²) in [6.07, 6.45) is 1.36. The number of aromatic nitrogens is 2. The topological polar surface area (TPSA) is 108 Å². The van der Waals surface area contributed by atoms with Gasteiger partial charge >= 0.3 is 6.03 Å². The molecule has 1 aromatic heterocycles. The molecule has 9 heteroatoms. The van der Waals surface area contributed by atoms with Crippen LogP contribution in [-0.2, 0) is 11.8 Å². The van der Waals surface area contributed by atoms with E-state index in [0.717, 1.165) is 30.3 Å². The Morgan fingerprint density at radius 1 is 1.33 bits per heavy atom. The molecule has 1 aromatic carbocycles. The fraction of sp³-hybridized carbons (Fsp3) is 0.444. The first-order chi connectivity index (χ1) is 13.1. The number of urea groups is 1. The van der Waals surface area contributed by atoms with Gasteiger partial charge in [-0.1, -0.05) is 18.2 Å². The van der Waals surface area contributed by atoms with Crippen molar-refractivity contribution in [2.45, 2.75) is 19.0 Å². The lowest BCUT2D eigenvalue weighted by Crippen LogP contribution is -2.66. The number of aryl methyl sites for hydroxylation is 1. The number of nitrogens with one attached hydrogen (secondary N) is 3. The number of hydrogen-bond donors (Lipinski definition) is 3. The van der Waals surface area contributed by atoms with Crippen molar-refractivity contribution in [3.05, 3.63) is 30.0 Å². The van der Waals surface area contributed by atoms with Crippen molar-refractivity contribution in [1.82, 2.24) is 30.6 Å². The van der Waals surface area contributed by atoms with Gasteiger partial charge in [-0.25, -0.2) is 4.79 Å². The van der Waals surface area contributed by atoms with Gasteiger partial charge in [-0.05, 0) is 25.5 Å². The van der Waals surface area contributed by atoms with Crippen molar-refractivity contribution in [2.24, 2.45) is 13.0 Å². The highest BCUT2D eigenvalue weighted by atomic mass is 16.2. The van der Waals surface area contributed by atoms with Crippen LogP contribution in [0.25, 0.3) is 10.9 Å². The Morgan fingerprint density at radius 3 is 3.00 bits per heavy atom. The van der Waals surface area contributed by atoms with Crippen LogP contribution in [0.3, 0.4) is 0 Å². The predicted molar refractivity (Wildman–Crippen MR) is 97.8 cm³/mol. The number of piperidine rings is 1. The minimum absolute atomic E-state index is 0.129. The van der Waals surface area contributed by atoms with Crippen LogP contribution in [0, 0.1) is 5.92 Å². The fourth-order valence-electron chi connectivity index (χ4n) is 3.78. The fourth-order valence-corrected chi connectivity index (χ4v) is 3.78. The molecule has 2 unspecified atom stereocenters. The number of carbonyl (C=O) groups is 3. The summed E-state index contributed by atoms with van der Waals surface area (Å²) in [5, 5.41) is 13.8. The zero-order valence-electron chi connectivity index (χ0n) is 15.1. The summed E-state index contributed by atoms with van der Waals surface area (Å²) in [5.74, 6) is -0.755. The molecule has 2 aliphatic rings. The van der Waals surface area contributed by atoms with Crippen LogP contribution >= 0.6 is 0 Å². The van der Waals surface area contributed by atoms with Gasteiger partial charge in [-0.3, -0.25) is 24.5 Å². The van der Waals surface area contributed by atoms with E-state index in [1.165, 1.54) is 4.90 Å². The van der Waals surface area contributed by atoms with Gasteiger partial charge in [0.1, 0.15) is 0 Å². The SMILES string of the molecule is Cn1nc(C(=O)NCCN2C(=O)NC3NCCCC3C2=O)c2ccccc21. The monoisotopic (exact) mass is 370 g/mol. The second kappa shape index (κ2) is 6.99. The molecule has 0 saturated carbocycles. The molecule has 2 atom stereocenters. The Hall–Kier alpha value is -2.94. The molecule has 4 amide bonds. The standard InChI is InChI=1S/C18H22N6O3/c1-23-13-7-3-2-5-11(13)14(22-23)16(25)20-9-10-24-17(26)12-6-4-8-19-15(12)21-18(24)27/h2-3,5,7,12,15,19H,4,6,8-10H2,1H3,(H,20,25)(H,21,27). The third-order valence-corrected chi connectivity index (χ3v) is 5.16. The number of benzene rings is 1. The molecule has 4 rings (SSSR count). The highest BCUT2D eigenvalue weighted by Crippen LogP contribution is 2.22. The largest absolute Gasteiger partial charge is 0.349 e. The number of carbonyl (C=O) groups excluding carboxylic acids is 3. The van der Waals surface area contributed by atoms with Crippen LogP contribution in [0.4, 0.5) is 4.79 Å². The molecule has 2 aromatic rings. The lowest BCUT2D eigenvalue weighted by atomic mass is 9.93. The lowest BCUT2D eigenvalue weighted by Gasteiger charge is -2.40. The Kier molecular flexibility index (Phi) is 4.53. The van der Waals surface area contributed by atoms with Crippen LogP contribution in [0.2, 0.25) is 0 Å². The molecule has 3 N–H and O–H groups in total. The van der Waals surface area contributed by atoms with E-state index in [1.54, 1.807) is 11.7 Å². The summed E-state index contributed by atoms with van der Waals surface area (Å²) in [7, 11) is 1.78. The van der Waals surface area contributed by atoms with E-state index >= 15 is 0 Å². The van der Waals surface area contributed by atoms with E-state index in [-0.39, 0.29) is 37.0 Å². The lowest BCUT2D eigenvalue weighted by molar-refractivity contribution is -0.136. The van der Waals surface area contributed by atoms with E-state index in [0.29, 0.717) is 5.69 Å². The maximum Gasteiger partial charge on any atom is 0.325 e. The first-order valence-corrected chi connectivity index (χ1v) is 9.11. The molecule has 0 radical (unpaired) electrons. The predicted octanol–water partition coefficient (Wildman–Crippen LogP) is 0.181. The van der Waals surface area contributed by atoms with Crippen molar-refractivity contribution in [1.29, 1.82) is 0 Å². The van der Waals surface area contributed by atoms with Gasteiger partial charge in [-0.2, -0.15) is 5.10 Å². The van der Waals surface area contributed by atoms with Crippen molar-refractivity contribution < 1.29 is 14.4 Å². The third-order valence-electron chi connectivity index (χ3n) is 5.16. The van der Waals surface area contributed by atoms with Gasteiger partial charge in [0.25, 0.3) is 5.91 Å². The molecule has 0 aliphatic carbocycles. The highest BCUT2D eigenvalue weighted by molar-refractivity contribution is 6.05. The van der Waals surface area contributed by atoms with Crippen molar-refractivity contribution in [2.75, 3.05) is 19.6 Å². The van der Waals surface area contributed by atoms with E-state index in [4.69, 9.17) is 0 Å². The van der Waals surface area contributed by atoms with Crippen molar-refractivity contribution in [3.8, 4) is 0 Å². The number of fused-ring (bicyclic) bond motifs is 2. The summed E-state index contributed by atoms with van der Waals surface area (Å²) in [6, 6.07) is 7.05. The van der Waals surface area contributed by atoms with Gasteiger partial charge in [0.2, 0.25) is 5.91 Å². The maximum absolute atomic E-state index is 12.6. The van der Waals surface area contributed by atoms with Crippen LogP contribution in [0.5, 0.6) is 0 Å². The van der Waals surface area contributed by atoms with Crippen LogP contribution < -0.4 is 16.0 Å². The zero-order chi connectivity index (χ0) is 19.0. The van der Waals surface area contributed by atoms with Gasteiger partial charge in [-0.15, -0.1) is 0 Å².